The van der Waals surface area contributed by atoms with Crippen LogP contribution < -0.4 is 0 Å². The van der Waals surface area contributed by atoms with Gasteiger partial charge in [-0.3, -0.25) is 4.79 Å². The van der Waals surface area contributed by atoms with Gasteiger partial charge >= 0.3 is 0 Å². The Bertz CT molecular complexity index is 350. The van der Waals surface area contributed by atoms with Crippen molar-refractivity contribution in [3.05, 3.63) is 27.7 Å². The number of ketones is 1. The Balaban J connectivity index is 3.33. The van der Waals surface area contributed by atoms with Crippen molar-refractivity contribution in [2.24, 2.45) is 0 Å². The molecule has 0 radical (unpaired) electrons. The van der Waals surface area contributed by atoms with Crippen LogP contribution in [0.25, 0.3) is 0 Å². The van der Waals surface area contributed by atoms with Crippen molar-refractivity contribution in [3.63, 3.8) is 0 Å². The first kappa shape index (κ1) is 10.5. The van der Waals surface area contributed by atoms with E-state index in [4.69, 9.17) is 11.6 Å². The zero-order chi connectivity index (χ0) is 10.0. The van der Waals surface area contributed by atoms with Crippen molar-refractivity contribution in [2.45, 2.75) is 12.8 Å². The number of alkyl halides is 1. The topological polar surface area (TPSA) is 37.3 Å². The van der Waals surface area contributed by atoms with Crippen molar-refractivity contribution in [1.29, 1.82) is 0 Å². The molecular formula is C9H8BrClO2. The maximum absolute atomic E-state index is 11.1. The molecule has 0 saturated carbocycles. The van der Waals surface area contributed by atoms with Gasteiger partial charge in [-0.1, -0.05) is 0 Å². The van der Waals surface area contributed by atoms with Crippen molar-refractivity contribution in [3.8, 4) is 5.75 Å². The molecule has 0 amide bonds. The highest BCUT2D eigenvalue weighted by Gasteiger charge is 2.11. The van der Waals surface area contributed by atoms with Crippen LogP contribution in [0.5, 0.6) is 5.75 Å². The molecule has 0 bridgehead atoms. The fourth-order valence-electron chi connectivity index (χ4n) is 1.00. The van der Waals surface area contributed by atoms with E-state index in [1.165, 1.54) is 6.92 Å². The summed E-state index contributed by atoms with van der Waals surface area (Å²) in [4.78, 5) is 11.1. The lowest BCUT2D eigenvalue weighted by Gasteiger charge is -2.05. The van der Waals surface area contributed by atoms with Gasteiger partial charge in [0, 0.05) is 5.88 Å². The number of carbonyl (C=O) groups is 1. The molecule has 0 aliphatic carbocycles. The molecule has 1 rings (SSSR count). The first-order valence-electron chi connectivity index (χ1n) is 3.64. The molecule has 4 heteroatoms. The number of rotatable bonds is 2. The quantitative estimate of drug-likeness (QED) is 0.657. The summed E-state index contributed by atoms with van der Waals surface area (Å²) >= 11 is 8.76. The van der Waals surface area contributed by atoms with E-state index in [1.807, 2.05) is 0 Å². The third-order valence-corrected chi connectivity index (χ3v) is 2.57. The lowest BCUT2D eigenvalue weighted by molar-refractivity contribution is 0.101. The second-order valence-corrected chi connectivity index (χ2v) is 3.79. The van der Waals surface area contributed by atoms with Crippen LogP contribution in [0.2, 0.25) is 0 Å². The van der Waals surface area contributed by atoms with Gasteiger partial charge in [-0.2, -0.15) is 0 Å². The molecule has 0 aliphatic rings. The van der Waals surface area contributed by atoms with E-state index in [9.17, 15) is 9.90 Å². The highest BCUT2D eigenvalue weighted by molar-refractivity contribution is 9.10. The maximum Gasteiger partial charge on any atom is 0.163 e. The van der Waals surface area contributed by atoms with Crippen LogP contribution in [-0.4, -0.2) is 10.9 Å². The standard InChI is InChI=1S/C9H8BrClO2/c1-5(12)7-2-6(4-11)3-8(10)9(7)13/h2-3,13H,4H2,1H3. The van der Waals surface area contributed by atoms with Crippen LogP contribution in [0.3, 0.4) is 0 Å². The molecule has 0 fully saturated rings. The maximum atomic E-state index is 11.1. The Labute approximate surface area is 89.7 Å². The molecule has 0 spiro atoms. The number of phenolic OH excluding ortho intramolecular Hbond substituents is 1. The van der Waals surface area contributed by atoms with E-state index in [0.29, 0.717) is 15.9 Å². The molecule has 1 aromatic rings. The second-order valence-electron chi connectivity index (χ2n) is 2.66. The molecule has 0 atom stereocenters. The Kier molecular flexibility index (Phi) is 3.33. The average molecular weight is 264 g/mol. The number of aromatic hydroxyl groups is 1. The molecule has 1 N–H and O–H groups in total. The number of Topliss-reactive ketones (excluding diaryl/α,β-unsaturated/α-hetero) is 1. The molecule has 13 heavy (non-hydrogen) atoms. The minimum absolute atomic E-state index is 0.0265. The fourth-order valence-corrected chi connectivity index (χ4v) is 1.66. The summed E-state index contributed by atoms with van der Waals surface area (Å²) in [6, 6.07) is 3.28. The van der Waals surface area contributed by atoms with Crippen molar-refractivity contribution in [1.82, 2.24) is 0 Å². The van der Waals surface area contributed by atoms with Crippen LogP contribution in [0.1, 0.15) is 22.8 Å². The van der Waals surface area contributed by atoms with Crippen LogP contribution in [0.15, 0.2) is 16.6 Å². The third kappa shape index (κ3) is 2.23. The van der Waals surface area contributed by atoms with Crippen LogP contribution >= 0.6 is 27.5 Å². The van der Waals surface area contributed by atoms with Crippen molar-refractivity contribution in [2.75, 3.05) is 0 Å². The summed E-state index contributed by atoms with van der Waals surface area (Å²) in [5.74, 6) is 0.116. The highest BCUT2D eigenvalue weighted by atomic mass is 79.9. The predicted octanol–water partition coefficient (Wildman–Crippen LogP) is 3.10. The normalized spacial score (nSPS) is 10.1. The Hall–Kier alpha value is -0.540. The summed E-state index contributed by atoms with van der Waals surface area (Å²) in [7, 11) is 0. The van der Waals surface area contributed by atoms with Crippen molar-refractivity contribution >= 4 is 33.3 Å². The Morgan fingerprint density at radius 1 is 1.62 bits per heavy atom. The molecule has 2 nitrogen and oxygen atoms in total. The Morgan fingerprint density at radius 2 is 2.23 bits per heavy atom. The largest absolute Gasteiger partial charge is 0.506 e. The molecular weight excluding hydrogens is 255 g/mol. The first-order valence-corrected chi connectivity index (χ1v) is 4.97. The van der Waals surface area contributed by atoms with E-state index in [-0.39, 0.29) is 11.5 Å². The lowest BCUT2D eigenvalue weighted by Crippen LogP contribution is -1.95. The van der Waals surface area contributed by atoms with E-state index in [1.54, 1.807) is 12.1 Å². The summed E-state index contributed by atoms with van der Waals surface area (Å²) in [5, 5.41) is 9.48. The third-order valence-electron chi connectivity index (χ3n) is 1.66. The van der Waals surface area contributed by atoms with Crippen LogP contribution in [0.4, 0.5) is 0 Å². The highest BCUT2D eigenvalue weighted by Crippen LogP contribution is 2.30. The van der Waals surface area contributed by atoms with Gasteiger partial charge in [-0.25, -0.2) is 0 Å². The molecule has 0 saturated heterocycles. The average Bonchev–Trinajstić information content (AvgIpc) is 2.09. The smallest absolute Gasteiger partial charge is 0.163 e. The predicted molar refractivity (Wildman–Crippen MR) is 55.4 cm³/mol. The number of benzene rings is 1. The minimum atomic E-state index is -0.176. The SMILES string of the molecule is CC(=O)c1cc(CCl)cc(Br)c1O. The fraction of sp³-hybridized carbons (Fsp3) is 0.222. The molecule has 70 valence electrons. The van der Waals surface area contributed by atoms with Crippen molar-refractivity contribution < 1.29 is 9.90 Å². The number of phenols is 1. The summed E-state index contributed by atoms with van der Waals surface area (Å²) in [6.45, 7) is 1.40. The van der Waals surface area contributed by atoms with Gasteiger partial charge in [0.2, 0.25) is 0 Å². The second kappa shape index (κ2) is 4.11. The molecule has 1 aromatic carbocycles. The van der Waals surface area contributed by atoms with E-state index in [0.717, 1.165) is 5.56 Å². The minimum Gasteiger partial charge on any atom is -0.506 e. The zero-order valence-electron chi connectivity index (χ0n) is 6.97. The molecule has 0 aliphatic heterocycles. The van der Waals surface area contributed by atoms with Gasteiger partial charge in [-0.05, 0) is 40.5 Å². The summed E-state index contributed by atoms with van der Waals surface area (Å²) in [6.07, 6.45) is 0. The molecule has 0 aromatic heterocycles. The van der Waals surface area contributed by atoms with Gasteiger partial charge in [0.1, 0.15) is 5.75 Å². The van der Waals surface area contributed by atoms with Gasteiger partial charge in [0.05, 0.1) is 10.0 Å². The number of carbonyl (C=O) groups excluding carboxylic acids is 1. The van der Waals surface area contributed by atoms with E-state index >= 15 is 0 Å². The summed E-state index contributed by atoms with van der Waals surface area (Å²) < 4.78 is 0.496. The zero-order valence-corrected chi connectivity index (χ0v) is 9.32. The number of hydrogen-bond donors (Lipinski definition) is 1. The van der Waals surface area contributed by atoms with Gasteiger partial charge in [0.25, 0.3) is 0 Å². The van der Waals surface area contributed by atoms with Gasteiger partial charge < -0.3 is 5.11 Å². The molecule has 0 unspecified atom stereocenters. The van der Waals surface area contributed by atoms with Crippen LogP contribution in [-0.2, 0) is 5.88 Å². The van der Waals surface area contributed by atoms with Gasteiger partial charge in [-0.15, -0.1) is 11.6 Å². The first-order chi connectivity index (χ1) is 6.06. The van der Waals surface area contributed by atoms with E-state index in [2.05, 4.69) is 15.9 Å². The molecule has 0 heterocycles. The van der Waals surface area contributed by atoms with Crippen LogP contribution in [0, 0.1) is 0 Å². The number of hydrogen-bond acceptors (Lipinski definition) is 2. The summed E-state index contributed by atoms with van der Waals surface area (Å²) in [5.41, 5.74) is 1.10. The number of halogens is 2. The van der Waals surface area contributed by atoms with Gasteiger partial charge in [0.15, 0.2) is 5.78 Å². The van der Waals surface area contributed by atoms with E-state index < -0.39 is 0 Å². The lowest BCUT2D eigenvalue weighted by atomic mass is 10.1. The monoisotopic (exact) mass is 262 g/mol. The Morgan fingerprint density at radius 3 is 2.69 bits per heavy atom.